The van der Waals surface area contributed by atoms with E-state index < -0.39 is 6.10 Å². The van der Waals surface area contributed by atoms with Gasteiger partial charge in [0.15, 0.2) is 0 Å². The number of β-amino-alcohol motifs (C(OH)–C–C–N with tert-alkyl or cyclic N) is 1. The van der Waals surface area contributed by atoms with Gasteiger partial charge in [0.25, 0.3) is 0 Å². The van der Waals surface area contributed by atoms with E-state index in [1.807, 2.05) is 32.0 Å². The Morgan fingerprint density at radius 2 is 1.90 bits per heavy atom. The van der Waals surface area contributed by atoms with Crippen LogP contribution in [0.4, 0.5) is 4.79 Å². The molecule has 0 aromatic heterocycles. The molecular formula is C15H20N2O4. The number of carbonyl (C=O) groups is 2. The van der Waals surface area contributed by atoms with E-state index in [2.05, 4.69) is 0 Å². The van der Waals surface area contributed by atoms with Gasteiger partial charge in [0.1, 0.15) is 25.0 Å². The monoisotopic (exact) mass is 292 g/mol. The first-order chi connectivity index (χ1) is 9.90. The van der Waals surface area contributed by atoms with E-state index in [4.69, 9.17) is 4.74 Å². The van der Waals surface area contributed by atoms with Crippen molar-refractivity contribution in [2.45, 2.75) is 20.0 Å². The molecule has 0 radical (unpaired) electrons. The molecule has 1 saturated heterocycles. The molecule has 6 heteroatoms. The van der Waals surface area contributed by atoms with Gasteiger partial charge in [0.2, 0.25) is 5.91 Å². The van der Waals surface area contributed by atoms with Gasteiger partial charge in [0.05, 0.1) is 6.54 Å². The highest BCUT2D eigenvalue weighted by Crippen LogP contribution is 2.22. The van der Waals surface area contributed by atoms with Gasteiger partial charge >= 0.3 is 6.03 Å². The van der Waals surface area contributed by atoms with E-state index in [9.17, 15) is 14.7 Å². The molecule has 1 aliphatic heterocycles. The number of benzene rings is 1. The lowest BCUT2D eigenvalue weighted by Gasteiger charge is -2.20. The van der Waals surface area contributed by atoms with Crippen molar-refractivity contribution in [1.82, 2.24) is 9.80 Å². The van der Waals surface area contributed by atoms with Gasteiger partial charge in [0, 0.05) is 7.05 Å². The zero-order valence-electron chi connectivity index (χ0n) is 12.5. The van der Waals surface area contributed by atoms with Crippen LogP contribution in [0.1, 0.15) is 11.1 Å². The minimum atomic E-state index is -0.914. The molecule has 3 amide bonds. The predicted octanol–water partition coefficient (Wildman–Crippen LogP) is 0.937. The molecule has 6 nitrogen and oxygen atoms in total. The third kappa shape index (κ3) is 3.33. The Hall–Kier alpha value is -2.08. The van der Waals surface area contributed by atoms with Gasteiger partial charge in [-0.2, -0.15) is 0 Å². The Balaban J connectivity index is 1.92. The SMILES string of the molecule is Cc1cccc(C)c1OC[C@@H](O)CN1C(=O)CN(C)C1=O. The summed E-state index contributed by atoms with van der Waals surface area (Å²) in [6.07, 6.45) is -0.914. The maximum atomic E-state index is 11.7. The van der Waals surface area contributed by atoms with Gasteiger partial charge in [-0.3, -0.25) is 9.69 Å². The lowest BCUT2D eigenvalue weighted by molar-refractivity contribution is -0.126. The number of ether oxygens (including phenoxy) is 1. The number of likely N-dealkylation sites (N-methyl/N-ethyl adjacent to an activating group) is 1. The maximum absolute atomic E-state index is 11.7. The van der Waals surface area contributed by atoms with E-state index in [1.165, 1.54) is 4.90 Å². The number of hydrogen-bond donors (Lipinski definition) is 1. The first-order valence-electron chi connectivity index (χ1n) is 6.82. The van der Waals surface area contributed by atoms with E-state index in [1.54, 1.807) is 7.05 Å². The molecule has 1 N–H and O–H groups in total. The van der Waals surface area contributed by atoms with Crippen molar-refractivity contribution in [3.8, 4) is 5.75 Å². The van der Waals surface area contributed by atoms with Crippen LogP contribution >= 0.6 is 0 Å². The zero-order valence-corrected chi connectivity index (χ0v) is 12.5. The number of nitrogens with zero attached hydrogens (tertiary/aromatic N) is 2. The number of aliphatic hydroxyl groups excluding tert-OH is 1. The highest BCUT2D eigenvalue weighted by atomic mass is 16.5. The van der Waals surface area contributed by atoms with Crippen molar-refractivity contribution in [3.05, 3.63) is 29.3 Å². The number of aryl methyl sites for hydroxylation is 2. The summed E-state index contributed by atoms with van der Waals surface area (Å²) in [5.41, 5.74) is 1.96. The van der Waals surface area contributed by atoms with Crippen molar-refractivity contribution in [3.63, 3.8) is 0 Å². The second kappa shape index (κ2) is 6.13. The van der Waals surface area contributed by atoms with Crippen LogP contribution in [0.15, 0.2) is 18.2 Å². The minimum Gasteiger partial charge on any atom is -0.490 e. The van der Waals surface area contributed by atoms with Gasteiger partial charge in [-0.05, 0) is 25.0 Å². The summed E-state index contributed by atoms with van der Waals surface area (Å²) in [4.78, 5) is 25.7. The molecular weight excluding hydrogens is 272 g/mol. The predicted molar refractivity (Wildman–Crippen MR) is 77.2 cm³/mol. The molecule has 2 rings (SSSR count). The number of imide groups is 1. The van der Waals surface area contributed by atoms with Crippen LogP contribution in [0.3, 0.4) is 0 Å². The molecule has 1 aliphatic rings. The van der Waals surface area contributed by atoms with Crippen LogP contribution in [-0.4, -0.2) is 59.7 Å². The molecule has 1 aromatic carbocycles. The number of amides is 3. The van der Waals surface area contributed by atoms with Gasteiger partial charge in [-0.25, -0.2) is 4.79 Å². The molecule has 0 bridgehead atoms. The molecule has 1 heterocycles. The van der Waals surface area contributed by atoms with Gasteiger partial charge in [-0.15, -0.1) is 0 Å². The largest absolute Gasteiger partial charge is 0.490 e. The van der Waals surface area contributed by atoms with Crippen molar-refractivity contribution in [1.29, 1.82) is 0 Å². The molecule has 21 heavy (non-hydrogen) atoms. The first kappa shape index (κ1) is 15.3. The van der Waals surface area contributed by atoms with E-state index in [0.717, 1.165) is 21.8 Å². The average molecular weight is 292 g/mol. The third-order valence-electron chi connectivity index (χ3n) is 3.45. The highest BCUT2D eigenvalue weighted by molar-refractivity contribution is 6.01. The molecule has 1 aromatic rings. The molecule has 0 saturated carbocycles. The first-order valence-corrected chi connectivity index (χ1v) is 6.82. The summed E-state index contributed by atoms with van der Waals surface area (Å²) in [6.45, 7) is 3.90. The van der Waals surface area contributed by atoms with Crippen molar-refractivity contribution < 1.29 is 19.4 Å². The van der Waals surface area contributed by atoms with E-state index in [-0.39, 0.29) is 31.6 Å². The fraction of sp³-hybridized carbons (Fsp3) is 0.467. The normalized spacial score (nSPS) is 16.6. The quantitative estimate of drug-likeness (QED) is 0.820. The van der Waals surface area contributed by atoms with Crippen LogP contribution < -0.4 is 4.74 Å². The standard InChI is InChI=1S/C15H20N2O4/c1-10-5-4-6-11(2)14(10)21-9-12(18)7-17-13(19)8-16(3)15(17)20/h4-6,12,18H,7-9H2,1-3H3/t12-/m0/s1. The Morgan fingerprint density at radius 3 is 2.43 bits per heavy atom. The van der Waals surface area contributed by atoms with Gasteiger partial charge in [-0.1, -0.05) is 18.2 Å². The molecule has 0 spiro atoms. The lowest BCUT2D eigenvalue weighted by Crippen LogP contribution is -2.40. The Morgan fingerprint density at radius 1 is 1.29 bits per heavy atom. The fourth-order valence-corrected chi connectivity index (χ4v) is 2.32. The number of rotatable bonds is 5. The smallest absolute Gasteiger partial charge is 0.327 e. The average Bonchev–Trinajstić information content (AvgIpc) is 2.65. The van der Waals surface area contributed by atoms with Crippen molar-refractivity contribution in [2.24, 2.45) is 0 Å². The zero-order chi connectivity index (χ0) is 15.6. The van der Waals surface area contributed by atoms with Crippen LogP contribution in [-0.2, 0) is 4.79 Å². The molecule has 1 fully saturated rings. The number of aliphatic hydroxyl groups is 1. The van der Waals surface area contributed by atoms with Crippen LogP contribution in [0.25, 0.3) is 0 Å². The summed E-state index contributed by atoms with van der Waals surface area (Å²) >= 11 is 0. The number of carbonyl (C=O) groups excluding carboxylic acids is 2. The Kier molecular flexibility index (Phi) is 4.47. The summed E-state index contributed by atoms with van der Waals surface area (Å²) in [7, 11) is 1.56. The summed E-state index contributed by atoms with van der Waals surface area (Å²) in [6, 6.07) is 5.41. The highest BCUT2D eigenvalue weighted by Gasteiger charge is 2.34. The summed E-state index contributed by atoms with van der Waals surface area (Å²) in [5, 5.41) is 9.98. The third-order valence-corrected chi connectivity index (χ3v) is 3.45. The van der Waals surface area contributed by atoms with E-state index in [0.29, 0.717) is 0 Å². The number of urea groups is 1. The van der Waals surface area contributed by atoms with Crippen LogP contribution in [0.2, 0.25) is 0 Å². The Bertz CT molecular complexity index is 538. The molecule has 114 valence electrons. The molecule has 0 aliphatic carbocycles. The number of hydrogen-bond acceptors (Lipinski definition) is 4. The fourth-order valence-electron chi connectivity index (χ4n) is 2.32. The summed E-state index contributed by atoms with van der Waals surface area (Å²) < 4.78 is 5.62. The molecule has 0 unspecified atom stereocenters. The number of para-hydroxylation sites is 1. The second-order valence-corrected chi connectivity index (χ2v) is 5.33. The maximum Gasteiger partial charge on any atom is 0.327 e. The van der Waals surface area contributed by atoms with Gasteiger partial charge < -0.3 is 14.7 Å². The second-order valence-electron chi connectivity index (χ2n) is 5.33. The van der Waals surface area contributed by atoms with E-state index >= 15 is 0 Å². The topological polar surface area (TPSA) is 70.1 Å². The Labute approximate surface area is 123 Å². The van der Waals surface area contributed by atoms with Crippen LogP contribution in [0, 0.1) is 13.8 Å². The summed E-state index contributed by atoms with van der Waals surface area (Å²) in [5.74, 6) is 0.432. The van der Waals surface area contributed by atoms with Crippen LogP contribution in [0.5, 0.6) is 5.75 Å². The van der Waals surface area contributed by atoms with Crippen molar-refractivity contribution in [2.75, 3.05) is 26.7 Å². The van der Waals surface area contributed by atoms with Crippen molar-refractivity contribution >= 4 is 11.9 Å². The minimum absolute atomic E-state index is 0.0342. The molecule has 1 atom stereocenters. The lowest BCUT2D eigenvalue weighted by atomic mass is 10.1.